The first-order valence-corrected chi connectivity index (χ1v) is 7.66. The zero-order valence-corrected chi connectivity index (χ0v) is 12.3. The van der Waals surface area contributed by atoms with Gasteiger partial charge in [-0.05, 0) is 32.1 Å². The van der Waals surface area contributed by atoms with Gasteiger partial charge < -0.3 is 5.32 Å². The molecule has 0 saturated heterocycles. The number of carbonyl (C=O) groups excluding carboxylic acids is 1. The summed E-state index contributed by atoms with van der Waals surface area (Å²) in [5.74, 6) is 0.171. The molecule has 1 amide bonds. The molecule has 106 valence electrons. The highest BCUT2D eigenvalue weighted by Gasteiger charge is 1.96. The van der Waals surface area contributed by atoms with Crippen LogP contribution in [0.3, 0.4) is 0 Å². The summed E-state index contributed by atoms with van der Waals surface area (Å²) in [5.41, 5.74) is 0. The predicted octanol–water partition coefficient (Wildman–Crippen LogP) is 4.60. The predicted molar refractivity (Wildman–Crippen MR) is 79.7 cm³/mol. The number of hydrogen-bond acceptors (Lipinski definition) is 1. The van der Waals surface area contributed by atoms with Crippen LogP contribution in [0, 0.1) is 0 Å². The van der Waals surface area contributed by atoms with Crippen molar-refractivity contribution < 1.29 is 4.79 Å². The van der Waals surface area contributed by atoms with E-state index in [0.717, 1.165) is 6.42 Å². The summed E-state index contributed by atoms with van der Waals surface area (Å²) in [7, 11) is 1.70. The Bertz CT molecular complexity index is 211. The molecule has 2 heteroatoms. The number of amides is 1. The summed E-state index contributed by atoms with van der Waals surface area (Å²) in [6.07, 6.45) is 17.9. The Hall–Kier alpha value is -0.790. The van der Waals surface area contributed by atoms with E-state index in [1.54, 1.807) is 7.05 Å². The lowest BCUT2D eigenvalue weighted by molar-refractivity contribution is -0.120. The molecule has 0 aliphatic rings. The molecule has 0 saturated carbocycles. The van der Waals surface area contributed by atoms with Crippen LogP contribution < -0.4 is 5.32 Å². The van der Waals surface area contributed by atoms with Gasteiger partial charge in [0.1, 0.15) is 0 Å². The first kappa shape index (κ1) is 17.2. The van der Waals surface area contributed by atoms with Gasteiger partial charge in [-0.2, -0.15) is 0 Å². The van der Waals surface area contributed by atoms with Crippen LogP contribution in [-0.2, 0) is 4.79 Å². The SMILES string of the molecule is CCCCCC=CCCCCCCCC(=O)NC. The summed E-state index contributed by atoms with van der Waals surface area (Å²) >= 11 is 0. The van der Waals surface area contributed by atoms with Crippen molar-refractivity contribution in [3.63, 3.8) is 0 Å². The molecular formula is C16H31NO. The van der Waals surface area contributed by atoms with E-state index in [9.17, 15) is 4.79 Å². The molecule has 0 aromatic heterocycles. The van der Waals surface area contributed by atoms with Gasteiger partial charge >= 0.3 is 0 Å². The molecule has 0 unspecified atom stereocenters. The standard InChI is InChI=1S/C16H31NO/c1-3-4-5-6-7-8-9-10-11-12-13-14-15-16(18)17-2/h7-8H,3-6,9-15H2,1-2H3,(H,17,18). The van der Waals surface area contributed by atoms with Crippen molar-refractivity contribution in [3.05, 3.63) is 12.2 Å². The Morgan fingerprint density at radius 2 is 1.44 bits per heavy atom. The van der Waals surface area contributed by atoms with Gasteiger partial charge in [-0.25, -0.2) is 0 Å². The van der Waals surface area contributed by atoms with Gasteiger partial charge in [0.25, 0.3) is 0 Å². The highest BCUT2D eigenvalue weighted by molar-refractivity contribution is 5.75. The third-order valence-electron chi connectivity index (χ3n) is 3.19. The molecule has 18 heavy (non-hydrogen) atoms. The van der Waals surface area contributed by atoms with E-state index in [1.807, 2.05) is 0 Å². The Labute approximate surface area is 113 Å². The molecule has 0 bridgehead atoms. The van der Waals surface area contributed by atoms with E-state index in [1.165, 1.54) is 57.8 Å². The van der Waals surface area contributed by atoms with Gasteiger partial charge in [0.15, 0.2) is 0 Å². The van der Waals surface area contributed by atoms with Gasteiger partial charge in [-0.1, -0.05) is 51.2 Å². The van der Waals surface area contributed by atoms with Crippen LogP contribution in [0.1, 0.15) is 77.6 Å². The average Bonchev–Trinajstić information content (AvgIpc) is 2.39. The van der Waals surface area contributed by atoms with Crippen LogP contribution in [-0.4, -0.2) is 13.0 Å². The molecule has 0 atom stereocenters. The van der Waals surface area contributed by atoms with Crippen LogP contribution in [0.25, 0.3) is 0 Å². The molecule has 0 aliphatic carbocycles. The minimum Gasteiger partial charge on any atom is -0.359 e. The van der Waals surface area contributed by atoms with Crippen LogP contribution in [0.5, 0.6) is 0 Å². The van der Waals surface area contributed by atoms with E-state index < -0.39 is 0 Å². The van der Waals surface area contributed by atoms with E-state index in [-0.39, 0.29) is 5.91 Å². The molecular weight excluding hydrogens is 222 g/mol. The number of allylic oxidation sites excluding steroid dienone is 2. The smallest absolute Gasteiger partial charge is 0.219 e. The Morgan fingerprint density at radius 1 is 0.889 bits per heavy atom. The van der Waals surface area contributed by atoms with Crippen molar-refractivity contribution in [1.29, 1.82) is 0 Å². The van der Waals surface area contributed by atoms with E-state index >= 15 is 0 Å². The second-order valence-electron chi connectivity index (χ2n) is 4.95. The molecule has 0 aromatic rings. The van der Waals surface area contributed by atoms with Crippen molar-refractivity contribution in [2.45, 2.75) is 77.6 Å². The largest absolute Gasteiger partial charge is 0.359 e. The van der Waals surface area contributed by atoms with Gasteiger partial charge in [-0.15, -0.1) is 0 Å². The quantitative estimate of drug-likeness (QED) is 0.400. The van der Waals surface area contributed by atoms with Crippen LogP contribution >= 0.6 is 0 Å². The maximum absolute atomic E-state index is 11.0. The minimum atomic E-state index is 0.171. The fourth-order valence-corrected chi connectivity index (χ4v) is 1.95. The second kappa shape index (κ2) is 14.3. The molecule has 2 nitrogen and oxygen atoms in total. The molecule has 0 aliphatic heterocycles. The van der Waals surface area contributed by atoms with Crippen molar-refractivity contribution in [1.82, 2.24) is 5.32 Å². The highest BCUT2D eigenvalue weighted by atomic mass is 16.1. The Balaban J connectivity index is 3.09. The minimum absolute atomic E-state index is 0.171. The van der Waals surface area contributed by atoms with E-state index in [2.05, 4.69) is 24.4 Å². The first-order valence-electron chi connectivity index (χ1n) is 7.66. The first-order chi connectivity index (χ1) is 8.81. The van der Waals surface area contributed by atoms with Crippen LogP contribution in [0.2, 0.25) is 0 Å². The molecule has 0 spiro atoms. The molecule has 0 rings (SSSR count). The van der Waals surface area contributed by atoms with E-state index in [4.69, 9.17) is 0 Å². The van der Waals surface area contributed by atoms with Crippen molar-refractivity contribution in [2.75, 3.05) is 7.05 Å². The number of carbonyl (C=O) groups is 1. The summed E-state index contributed by atoms with van der Waals surface area (Å²) in [4.78, 5) is 11.0. The van der Waals surface area contributed by atoms with Crippen molar-refractivity contribution in [3.8, 4) is 0 Å². The topological polar surface area (TPSA) is 29.1 Å². The van der Waals surface area contributed by atoms with Gasteiger partial charge in [0, 0.05) is 13.5 Å². The normalized spacial score (nSPS) is 11.0. The second-order valence-corrected chi connectivity index (χ2v) is 4.95. The number of hydrogen-bond donors (Lipinski definition) is 1. The summed E-state index contributed by atoms with van der Waals surface area (Å²) in [5, 5.41) is 2.66. The van der Waals surface area contributed by atoms with Crippen molar-refractivity contribution in [2.24, 2.45) is 0 Å². The third-order valence-corrected chi connectivity index (χ3v) is 3.19. The highest BCUT2D eigenvalue weighted by Crippen LogP contribution is 2.08. The van der Waals surface area contributed by atoms with Crippen LogP contribution in [0.4, 0.5) is 0 Å². The number of rotatable bonds is 12. The molecule has 1 N–H and O–H groups in total. The zero-order valence-electron chi connectivity index (χ0n) is 12.3. The molecule has 0 fully saturated rings. The lowest BCUT2D eigenvalue weighted by atomic mass is 10.1. The zero-order chi connectivity index (χ0) is 13.5. The van der Waals surface area contributed by atoms with E-state index in [0.29, 0.717) is 6.42 Å². The van der Waals surface area contributed by atoms with Gasteiger partial charge in [0.2, 0.25) is 5.91 Å². The third kappa shape index (κ3) is 13.3. The molecule has 0 radical (unpaired) electrons. The van der Waals surface area contributed by atoms with Crippen molar-refractivity contribution >= 4 is 5.91 Å². The maximum Gasteiger partial charge on any atom is 0.219 e. The number of unbranched alkanes of at least 4 members (excludes halogenated alkanes) is 8. The summed E-state index contributed by atoms with van der Waals surface area (Å²) in [6.45, 7) is 2.24. The molecule has 0 heterocycles. The fraction of sp³-hybridized carbons (Fsp3) is 0.812. The lowest BCUT2D eigenvalue weighted by Gasteiger charge is -2.00. The lowest BCUT2D eigenvalue weighted by Crippen LogP contribution is -2.16. The maximum atomic E-state index is 11.0. The fourth-order valence-electron chi connectivity index (χ4n) is 1.95. The number of nitrogens with one attached hydrogen (secondary N) is 1. The van der Waals surface area contributed by atoms with Gasteiger partial charge in [0.05, 0.1) is 0 Å². The monoisotopic (exact) mass is 253 g/mol. The van der Waals surface area contributed by atoms with Crippen LogP contribution in [0.15, 0.2) is 12.2 Å². The molecule has 0 aromatic carbocycles. The average molecular weight is 253 g/mol. The Kier molecular flexibility index (Phi) is 13.6. The Morgan fingerprint density at radius 3 is 2.06 bits per heavy atom. The summed E-state index contributed by atoms with van der Waals surface area (Å²) < 4.78 is 0. The van der Waals surface area contributed by atoms with Gasteiger partial charge in [-0.3, -0.25) is 4.79 Å². The summed E-state index contributed by atoms with van der Waals surface area (Å²) in [6, 6.07) is 0.